The van der Waals surface area contributed by atoms with Crippen LogP contribution >= 0.6 is 0 Å². The summed E-state index contributed by atoms with van der Waals surface area (Å²) in [5, 5.41) is 6.25. The molecule has 0 amide bonds. The van der Waals surface area contributed by atoms with E-state index >= 15 is 0 Å². The van der Waals surface area contributed by atoms with Crippen LogP contribution in [0, 0.1) is 0 Å². The van der Waals surface area contributed by atoms with Gasteiger partial charge in [0.2, 0.25) is 0 Å². The summed E-state index contributed by atoms with van der Waals surface area (Å²) < 4.78 is 0. The Balaban J connectivity index is 1.99. The number of aromatic nitrogens is 2. The maximum absolute atomic E-state index is 4.36. The highest BCUT2D eigenvalue weighted by molar-refractivity contribution is 5.44. The minimum Gasteiger partial charge on any atom is -0.373 e. The summed E-state index contributed by atoms with van der Waals surface area (Å²) in [5.74, 6) is 1.71. The Hall–Kier alpha value is -2.10. The van der Waals surface area contributed by atoms with E-state index in [1.807, 2.05) is 43.6 Å². The third-order valence-electron chi connectivity index (χ3n) is 2.20. The lowest BCUT2D eigenvalue weighted by Crippen LogP contribution is -2.02. The summed E-state index contributed by atoms with van der Waals surface area (Å²) in [6.45, 7) is 0.730. The molecule has 4 nitrogen and oxygen atoms in total. The zero-order valence-electron chi connectivity index (χ0n) is 9.14. The van der Waals surface area contributed by atoms with Gasteiger partial charge in [-0.1, -0.05) is 12.1 Å². The number of rotatable bonds is 4. The smallest absolute Gasteiger partial charge is 0.128 e. The highest BCUT2D eigenvalue weighted by Gasteiger charge is 1.96. The van der Waals surface area contributed by atoms with Crippen LogP contribution in [0.1, 0.15) is 5.56 Å². The molecule has 82 valence electrons. The molecule has 4 heteroatoms. The molecule has 2 N–H and O–H groups in total. The molecule has 0 aliphatic heterocycles. The summed E-state index contributed by atoms with van der Waals surface area (Å²) in [4.78, 5) is 8.42. The number of anilines is 2. The SMILES string of the molecule is CNc1cccc(NCc2cccnc2)n1. The molecule has 0 radical (unpaired) electrons. The van der Waals surface area contributed by atoms with E-state index in [1.54, 1.807) is 6.20 Å². The lowest BCUT2D eigenvalue weighted by atomic mass is 10.3. The molecule has 2 aromatic heterocycles. The Morgan fingerprint density at radius 3 is 2.75 bits per heavy atom. The molecule has 2 aromatic rings. The number of hydrogen-bond acceptors (Lipinski definition) is 4. The van der Waals surface area contributed by atoms with Gasteiger partial charge in [0.15, 0.2) is 0 Å². The van der Waals surface area contributed by atoms with Crippen molar-refractivity contribution >= 4 is 11.6 Å². The maximum Gasteiger partial charge on any atom is 0.128 e. The largest absolute Gasteiger partial charge is 0.373 e. The van der Waals surface area contributed by atoms with E-state index in [0.717, 1.165) is 23.7 Å². The molecule has 0 saturated heterocycles. The van der Waals surface area contributed by atoms with Crippen LogP contribution in [0.25, 0.3) is 0 Å². The third-order valence-corrected chi connectivity index (χ3v) is 2.20. The molecule has 0 aromatic carbocycles. The molecule has 0 fully saturated rings. The van der Waals surface area contributed by atoms with Gasteiger partial charge in [0, 0.05) is 26.0 Å². The molecule has 2 heterocycles. The maximum atomic E-state index is 4.36. The van der Waals surface area contributed by atoms with E-state index in [1.165, 1.54) is 0 Å². The molecule has 16 heavy (non-hydrogen) atoms. The Bertz CT molecular complexity index is 442. The average molecular weight is 214 g/mol. The van der Waals surface area contributed by atoms with Crippen molar-refractivity contribution in [2.45, 2.75) is 6.54 Å². The van der Waals surface area contributed by atoms with E-state index in [9.17, 15) is 0 Å². The first kappa shape index (κ1) is 10.4. The zero-order valence-corrected chi connectivity index (χ0v) is 9.14. The first-order chi connectivity index (χ1) is 7.88. The first-order valence-electron chi connectivity index (χ1n) is 5.16. The fourth-order valence-electron chi connectivity index (χ4n) is 1.37. The van der Waals surface area contributed by atoms with Gasteiger partial charge in [-0.2, -0.15) is 0 Å². The quantitative estimate of drug-likeness (QED) is 0.818. The lowest BCUT2D eigenvalue weighted by Gasteiger charge is -2.06. The van der Waals surface area contributed by atoms with Crippen LogP contribution in [0.4, 0.5) is 11.6 Å². The zero-order chi connectivity index (χ0) is 11.2. The van der Waals surface area contributed by atoms with E-state index < -0.39 is 0 Å². The van der Waals surface area contributed by atoms with Crippen molar-refractivity contribution in [2.75, 3.05) is 17.7 Å². The monoisotopic (exact) mass is 214 g/mol. The summed E-state index contributed by atoms with van der Waals surface area (Å²) >= 11 is 0. The normalized spacial score (nSPS) is 9.81. The van der Waals surface area contributed by atoms with Gasteiger partial charge in [0.1, 0.15) is 11.6 Å². The second kappa shape index (κ2) is 5.11. The standard InChI is InChI=1S/C12H14N4/c1-13-11-5-2-6-12(16-11)15-9-10-4-3-7-14-8-10/h2-8H,9H2,1H3,(H2,13,15,16). The van der Waals surface area contributed by atoms with Gasteiger partial charge in [0.05, 0.1) is 0 Å². The Kier molecular flexibility index (Phi) is 3.33. The molecule has 0 aliphatic carbocycles. The number of nitrogens with one attached hydrogen (secondary N) is 2. The molecule has 0 atom stereocenters. The van der Waals surface area contributed by atoms with Gasteiger partial charge in [-0.3, -0.25) is 4.98 Å². The van der Waals surface area contributed by atoms with E-state index in [0.29, 0.717) is 0 Å². The molecule has 0 bridgehead atoms. The van der Waals surface area contributed by atoms with Crippen LogP contribution in [-0.2, 0) is 6.54 Å². The van der Waals surface area contributed by atoms with Gasteiger partial charge in [0.25, 0.3) is 0 Å². The number of nitrogens with zero attached hydrogens (tertiary/aromatic N) is 2. The minimum atomic E-state index is 0.730. The number of pyridine rings is 2. The molecule has 0 saturated carbocycles. The predicted octanol–water partition coefficient (Wildman–Crippen LogP) is 2.13. The van der Waals surface area contributed by atoms with E-state index in [4.69, 9.17) is 0 Å². The first-order valence-corrected chi connectivity index (χ1v) is 5.16. The molecule has 0 unspecified atom stereocenters. The van der Waals surface area contributed by atoms with E-state index in [-0.39, 0.29) is 0 Å². The highest BCUT2D eigenvalue weighted by Crippen LogP contribution is 2.09. The predicted molar refractivity (Wildman–Crippen MR) is 65.3 cm³/mol. The fraction of sp³-hybridized carbons (Fsp3) is 0.167. The van der Waals surface area contributed by atoms with Gasteiger partial charge < -0.3 is 10.6 Å². The van der Waals surface area contributed by atoms with E-state index in [2.05, 4.69) is 20.6 Å². The summed E-state index contributed by atoms with van der Waals surface area (Å²) in [7, 11) is 1.85. The van der Waals surface area contributed by atoms with Gasteiger partial charge >= 0.3 is 0 Å². The van der Waals surface area contributed by atoms with Crippen LogP contribution in [0.5, 0.6) is 0 Å². The highest BCUT2D eigenvalue weighted by atomic mass is 15.0. The van der Waals surface area contributed by atoms with Crippen molar-refractivity contribution in [1.82, 2.24) is 9.97 Å². The Morgan fingerprint density at radius 2 is 2.00 bits per heavy atom. The topological polar surface area (TPSA) is 49.8 Å². The second-order valence-electron chi connectivity index (χ2n) is 3.37. The van der Waals surface area contributed by atoms with Crippen molar-refractivity contribution in [3.05, 3.63) is 48.3 Å². The van der Waals surface area contributed by atoms with Gasteiger partial charge in [-0.25, -0.2) is 4.98 Å². The second-order valence-corrected chi connectivity index (χ2v) is 3.37. The average Bonchev–Trinajstić information content (AvgIpc) is 2.38. The molecule has 0 spiro atoms. The molecular weight excluding hydrogens is 200 g/mol. The Morgan fingerprint density at radius 1 is 1.12 bits per heavy atom. The molecule has 0 aliphatic rings. The van der Waals surface area contributed by atoms with Crippen molar-refractivity contribution in [3.63, 3.8) is 0 Å². The lowest BCUT2D eigenvalue weighted by molar-refractivity contribution is 1.09. The van der Waals surface area contributed by atoms with Crippen LogP contribution in [0.2, 0.25) is 0 Å². The van der Waals surface area contributed by atoms with Crippen LogP contribution in [0.3, 0.4) is 0 Å². The van der Waals surface area contributed by atoms with Crippen LogP contribution in [-0.4, -0.2) is 17.0 Å². The summed E-state index contributed by atoms with van der Waals surface area (Å²) in [6, 6.07) is 9.78. The van der Waals surface area contributed by atoms with Crippen LogP contribution < -0.4 is 10.6 Å². The molecule has 2 rings (SSSR count). The summed E-state index contributed by atoms with van der Waals surface area (Å²) in [6.07, 6.45) is 3.61. The van der Waals surface area contributed by atoms with Crippen molar-refractivity contribution < 1.29 is 0 Å². The van der Waals surface area contributed by atoms with Gasteiger partial charge in [-0.15, -0.1) is 0 Å². The minimum absolute atomic E-state index is 0.730. The third kappa shape index (κ3) is 2.70. The fourth-order valence-corrected chi connectivity index (χ4v) is 1.37. The van der Waals surface area contributed by atoms with Gasteiger partial charge in [-0.05, 0) is 23.8 Å². The van der Waals surface area contributed by atoms with Crippen LogP contribution in [0.15, 0.2) is 42.7 Å². The number of hydrogen-bond donors (Lipinski definition) is 2. The van der Waals surface area contributed by atoms with Crippen molar-refractivity contribution in [2.24, 2.45) is 0 Å². The summed E-state index contributed by atoms with van der Waals surface area (Å²) in [5.41, 5.74) is 1.14. The Labute approximate surface area is 94.8 Å². The van der Waals surface area contributed by atoms with Crippen molar-refractivity contribution in [3.8, 4) is 0 Å². The molecular formula is C12H14N4. The van der Waals surface area contributed by atoms with Crippen molar-refractivity contribution in [1.29, 1.82) is 0 Å².